The van der Waals surface area contributed by atoms with Crippen molar-refractivity contribution in [3.05, 3.63) is 34.9 Å². The molecule has 0 heterocycles. The van der Waals surface area contributed by atoms with Crippen LogP contribution in [0.2, 0.25) is 0 Å². The van der Waals surface area contributed by atoms with E-state index in [1.165, 1.54) is 49.7 Å². The van der Waals surface area contributed by atoms with E-state index in [-0.39, 0.29) is 0 Å². The molecule has 2 rings (SSSR count). The molecule has 1 fully saturated rings. The zero-order valence-electron chi connectivity index (χ0n) is 12.9. The Bertz CT molecular complexity index is 380. The third-order valence-corrected chi connectivity index (χ3v) is 4.61. The van der Waals surface area contributed by atoms with Gasteiger partial charge in [0.05, 0.1) is 0 Å². The maximum Gasteiger partial charge on any atom is 0.00779 e. The van der Waals surface area contributed by atoms with E-state index >= 15 is 0 Å². The number of likely N-dealkylation sites (N-methyl/N-ethyl adjacent to an activating group) is 1. The van der Waals surface area contributed by atoms with Crippen LogP contribution in [0.1, 0.15) is 62.1 Å². The number of nitrogens with one attached hydrogen (secondary N) is 1. The Balaban J connectivity index is 2.34. The van der Waals surface area contributed by atoms with Crippen molar-refractivity contribution in [2.24, 2.45) is 0 Å². The minimum absolute atomic E-state index is 0.378. The first-order valence-electron chi connectivity index (χ1n) is 7.96. The molecule has 1 aliphatic rings. The van der Waals surface area contributed by atoms with Gasteiger partial charge in [0.2, 0.25) is 0 Å². The lowest BCUT2D eigenvalue weighted by atomic mass is 9.73. The molecule has 1 saturated carbocycles. The van der Waals surface area contributed by atoms with Gasteiger partial charge in [-0.25, -0.2) is 0 Å². The molecule has 0 amide bonds. The zero-order valence-corrected chi connectivity index (χ0v) is 12.9. The van der Waals surface area contributed by atoms with Gasteiger partial charge in [-0.15, -0.1) is 0 Å². The van der Waals surface area contributed by atoms with Crippen LogP contribution in [-0.4, -0.2) is 13.1 Å². The Morgan fingerprint density at radius 3 is 2.05 bits per heavy atom. The fourth-order valence-corrected chi connectivity index (χ4v) is 3.62. The predicted molar refractivity (Wildman–Crippen MR) is 83.8 cm³/mol. The standard InChI is InChI=1S/C18H29N/c1-4-19-14-18(9-7-5-6-8-10-18)17-12-15(2)11-16(3)13-17/h11-13,19H,4-10,14H2,1-3H3. The molecule has 1 aromatic rings. The average molecular weight is 259 g/mol. The van der Waals surface area contributed by atoms with Gasteiger partial charge in [0.25, 0.3) is 0 Å². The molecule has 0 bridgehead atoms. The van der Waals surface area contributed by atoms with Crippen molar-refractivity contribution < 1.29 is 0 Å². The summed E-state index contributed by atoms with van der Waals surface area (Å²) in [7, 11) is 0. The van der Waals surface area contributed by atoms with E-state index in [0.29, 0.717) is 5.41 Å². The summed E-state index contributed by atoms with van der Waals surface area (Å²) in [5, 5.41) is 3.62. The molecule has 1 heteroatoms. The Hall–Kier alpha value is -0.820. The smallest absolute Gasteiger partial charge is 0.00779 e. The van der Waals surface area contributed by atoms with Crippen LogP contribution in [0.25, 0.3) is 0 Å². The first-order valence-corrected chi connectivity index (χ1v) is 7.96. The van der Waals surface area contributed by atoms with Crippen LogP contribution in [0.4, 0.5) is 0 Å². The second kappa shape index (κ2) is 6.56. The molecule has 1 N–H and O–H groups in total. The Morgan fingerprint density at radius 2 is 1.53 bits per heavy atom. The van der Waals surface area contributed by atoms with Crippen molar-refractivity contribution in [3.63, 3.8) is 0 Å². The van der Waals surface area contributed by atoms with E-state index in [1.54, 1.807) is 5.56 Å². The van der Waals surface area contributed by atoms with Crippen LogP contribution in [0.3, 0.4) is 0 Å². The quantitative estimate of drug-likeness (QED) is 0.785. The van der Waals surface area contributed by atoms with Gasteiger partial charge in [-0.3, -0.25) is 0 Å². The Kier molecular flexibility index (Phi) is 5.04. The molecule has 0 saturated heterocycles. The van der Waals surface area contributed by atoms with Crippen molar-refractivity contribution in [3.8, 4) is 0 Å². The van der Waals surface area contributed by atoms with Gasteiger partial charge in [0, 0.05) is 12.0 Å². The predicted octanol–water partition coefficient (Wildman–Crippen LogP) is 4.50. The van der Waals surface area contributed by atoms with Crippen LogP contribution in [0.5, 0.6) is 0 Å². The lowest BCUT2D eigenvalue weighted by molar-refractivity contribution is 0.350. The minimum atomic E-state index is 0.378. The van der Waals surface area contributed by atoms with Crippen molar-refractivity contribution in [1.29, 1.82) is 0 Å². The summed E-state index contributed by atoms with van der Waals surface area (Å²) in [4.78, 5) is 0. The summed E-state index contributed by atoms with van der Waals surface area (Å²) in [6.45, 7) is 8.90. The molecule has 106 valence electrons. The van der Waals surface area contributed by atoms with Crippen LogP contribution in [-0.2, 0) is 5.41 Å². The van der Waals surface area contributed by atoms with E-state index in [1.807, 2.05) is 0 Å². The van der Waals surface area contributed by atoms with Crippen LogP contribution in [0.15, 0.2) is 18.2 Å². The summed E-state index contributed by atoms with van der Waals surface area (Å²) in [6, 6.07) is 7.15. The van der Waals surface area contributed by atoms with Gasteiger partial charge in [-0.2, -0.15) is 0 Å². The van der Waals surface area contributed by atoms with E-state index in [9.17, 15) is 0 Å². The van der Waals surface area contributed by atoms with Gasteiger partial charge < -0.3 is 5.32 Å². The molecule has 1 nitrogen and oxygen atoms in total. The van der Waals surface area contributed by atoms with Crippen molar-refractivity contribution in [2.75, 3.05) is 13.1 Å². The fraction of sp³-hybridized carbons (Fsp3) is 0.667. The third-order valence-electron chi connectivity index (χ3n) is 4.61. The van der Waals surface area contributed by atoms with E-state index in [2.05, 4.69) is 44.3 Å². The summed E-state index contributed by atoms with van der Waals surface area (Å²) in [5.74, 6) is 0. The SMILES string of the molecule is CCNCC1(c2cc(C)cc(C)c2)CCCCCC1. The highest BCUT2D eigenvalue weighted by atomic mass is 14.9. The summed E-state index contributed by atoms with van der Waals surface area (Å²) >= 11 is 0. The summed E-state index contributed by atoms with van der Waals surface area (Å²) < 4.78 is 0. The molecule has 0 aromatic heterocycles. The fourth-order valence-electron chi connectivity index (χ4n) is 3.62. The molecule has 0 atom stereocenters. The van der Waals surface area contributed by atoms with Crippen molar-refractivity contribution in [2.45, 2.75) is 64.7 Å². The number of hydrogen-bond donors (Lipinski definition) is 1. The molecule has 0 spiro atoms. The minimum Gasteiger partial charge on any atom is -0.316 e. The first kappa shape index (κ1) is 14.6. The number of aryl methyl sites for hydroxylation is 2. The van der Waals surface area contributed by atoms with E-state index < -0.39 is 0 Å². The second-order valence-corrected chi connectivity index (χ2v) is 6.35. The van der Waals surface area contributed by atoms with E-state index in [0.717, 1.165) is 13.1 Å². The van der Waals surface area contributed by atoms with E-state index in [4.69, 9.17) is 0 Å². The Morgan fingerprint density at radius 1 is 0.947 bits per heavy atom. The first-order chi connectivity index (χ1) is 9.16. The van der Waals surface area contributed by atoms with Crippen molar-refractivity contribution >= 4 is 0 Å². The molecule has 0 radical (unpaired) electrons. The largest absolute Gasteiger partial charge is 0.316 e. The monoisotopic (exact) mass is 259 g/mol. The lowest BCUT2D eigenvalue weighted by Crippen LogP contribution is -2.38. The number of benzene rings is 1. The van der Waals surface area contributed by atoms with Gasteiger partial charge in [-0.05, 0) is 38.8 Å². The number of rotatable bonds is 4. The lowest BCUT2D eigenvalue weighted by Gasteiger charge is -2.34. The molecule has 1 aromatic carbocycles. The molecule has 1 aliphatic carbocycles. The molecule has 19 heavy (non-hydrogen) atoms. The molecule has 0 aliphatic heterocycles. The van der Waals surface area contributed by atoms with Gasteiger partial charge in [0.15, 0.2) is 0 Å². The molecular formula is C18H29N. The van der Waals surface area contributed by atoms with Gasteiger partial charge >= 0.3 is 0 Å². The van der Waals surface area contributed by atoms with Crippen LogP contribution in [0, 0.1) is 13.8 Å². The van der Waals surface area contributed by atoms with Gasteiger partial charge in [0.1, 0.15) is 0 Å². The van der Waals surface area contributed by atoms with Crippen LogP contribution >= 0.6 is 0 Å². The maximum absolute atomic E-state index is 3.62. The van der Waals surface area contributed by atoms with Gasteiger partial charge in [-0.1, -0.05) is 61.9 Å². The normalized spacial score (nSPS) is 19.1. The summed E-state index contributed by atoms with van der Waals surface area (Å²) in [5.41, 5.74) is 4.78. The second-order valence-electron chi connectivity index (χ2n) is 6.35. The number of hydrogen-bond acceptors (Lipinski definition) is 1. The maximum atomic E-state index is 3.62. The average Bonchev–Trinajstić information content (AvgIpc) is 2.62. The highest BCUT2D eigenvalue weighted by Gasteiger charge is 2.32. The molecule has 0 unspecified atom stereocenters. The Labute approximate surface area is 118 Å². The third kappa shape index (κ3) is 3.60. The van der Waals surface area contributed by atoms with Crippen molar-refractivity contribution in [1.82, 2.24) is 5.32 Å². The molecular weight excluding hydrogens is 230 g/mol. The zero-order chi connectivity index (χ0) is 13.7. The topological polar surface area (TPSA) is 12.0 Å². The highest BCUT2D eigenvalue weighted by Crippen LogP contribution is 2.38. The highest BCUT2D eigenvalue weighted by molar-refractivity contribution is 5.34. The summed E-state index contributed by atoms with van der Waals surface area (Å²) in [6.07, 6.45) is 8.31. The van der Waals surface area contributed by atoms with Crippen LogP contribution < -0.4 is 5.32 Å².